The van der Waals surface area contributed by atoms with Crippen LogP contribution in [-0.4, -0.2) is 18.4 Å². The lowest BCUT2D eigenvalue weighted by atomic mass is 10.4. The van der Waals surface area contributed by atoms with Gasteiger partial charge < -0.3 is 0 Å². The van der Waals surface area contributed by atoms with E-state index in [1.807, 2.05) is 6.92 Å². The molecule has 0 aliphatic carbocycles. The van der Waals surface area contributed by atoms with Crippen LogP contribution in [0.15, 0.2) is 16.6 Å². The molecule has 19 heavy (non-hydrogen) atoms. The Labute approximate surface area is 124 Å². The molecule has 2 aromatic rings. The van der Waals surface area contributed by atoms with E-state index in [4.69, 9.17) is 11.6 Å². The molecule has 1 atom stereocenters. The number of halogens is 1. The maximum absolute atomic E-state index is 12.1. The molecule has 0 fully saturated rings. The molecule has 0 aliphatic rings. The van der Waals surface area contributed by atoms with Gasteiger partial charge in [0.1, 0.15) is 5.01 Å². The highest BCUT2D eigenvalue weighted by Gasteiger charge is 2.22. The third kappa shape index (κ3) is 3.51. The second-order valence-corrected chi connectivity index (χ2v) is 8.49. The molecule has 2 heterocycles. The molecule has 104 valence electrons. The minimum atomic E-state index is -3.60. The Balaban J connectivity index is 2.16. The molecule has 0 amide bonds. The number of hydrogen-bond donors (Lipinski definition) is 1. The maximum atomic E-state index is 12.1. The van der Waals surface area contributed by atoms with Crippen molar-refractivity contribution in [3.05, 3.63) is 26.7 Å². The molecule has 0 saturated heterocycles. The zero-order valence-electron chi connectivity index (χ0n) is 10.3. The Morgan fingerprint density at radius 3 is 2.63 bits per heavy atom. The monoisotopic (exact) mass is 337 g/mol. The number of aromatic nitrogens is 2. The van der Waals surface area contributed by atoms with Crippen molar-refractivity contribution in [1.29, 1.82) is 0 Å². The van der Waals surface area contributed by atoms with Crippen molar-refractivity contribution < 1.29 is 8.42 Å². The van der Waals surface area contributed by atoms with Crippen molar-refractivity contribution in [2.75, 3.05) is 0 Å². The molecule has 1 N–H and O–H groups in total. The van der Waals surface area contributed by atoms with Crippen molar-refractivity contribution in [3.8, 4) is 0 Å². The molecule has 0 saturated carbocycles. The number of rotatable bonds is 5. The van der Waals surface area contributed by atoms with E-state index in [1.54, 1.807) is 13.1 Å². The lowest BCUT2D eigenvalue weighted by Gasteiger charge is -2.10. The molecule has 9 heteroatoms. The third-order valence-corrected chi connectivity index (χ3v) is 6.78. The summed E-state index contributed by atoms with van der Waals surface area (Å²) < 4.78 is 27.0. The van der Waals surface area contributed by atoms with Crippen molar-refractivity contribution in [2.24, 2.45) is 0 Å². The summed E-state index contributed by atoms with van der Waals surface area (Å²) >= 11 is 8.08. The smallest absolute Gasteiger partial charge is 0.248 e. The highest BCUT2D eigenvalue weighted by molar-refractivity contribution is 7.91. The largest absolute Gasteiger partial charge is 0.252 e. The number of aryl methyl sites for hydroxylation is 1. The summed E-state index contributed by atoms with van der Waals surface area (Å²) in [6.07, 6.45) is 3.91. The van der Waals surface area contributed by atoms with Gasteiger partial charge in [0, 0.05) is 11.1 Å². The Bertz CT molecular complexity index is 665. The zero-order valence-corrected chi connectivity index (χ0v) is 13.5. The van der Waals surface area contributed by atoms with Crippen LogP contribution in [0.2, 0.25) is 4.47 Å². The Morgan fingerprint density at radius 1 is 1.37 bits per heavy atom. The SMILES string of the molecule is CCc1cnc(C(C)NS(=O)(=O)c2cnc(Cl)s2)s1. The van der Waals surface area contributed by atoms with E-state index >= 15 is 0 Å². The van der Waals surface area contributed by atoms with E-state index < -0.39 is 10.0 Å². The van der Waals surface area contributed by atoms with Gasteiger partial charge in [0.05, 0.1) is 12.2 Å². The van der Waals surface area contributed by atoms with Gasteiger partial charge in [-0.3, -0.25) is 0 Å². The fraction of sp³-hybridized carbons (Fsp3) is 0.400. The molecule has 1 unspecified atom stereocenters. The van der Waals surface area contributed by atoms with Gasteiger partial charge in [0.15, 0.2) is 8.68 Å². The van der Waals surface area contributed by atoms with Gasteiger partial charge in [0.2, 0.25) is 0 Å². The second-order valence-electron chi connectivity index (χ2n) is 3.79. The predicted molar refractivity (Wildman–Crippen MR) is 77.4 cm³/mol. The van der Waals surface area contributed by atoms with Crippen LogP contribution < -0.4 is 4.72 Å². The average Bonchev–Trinajstić information content (AvgIpc) is 2.96. The Hall–Kier alpha value is -0.540. The topological polar surface area (TPSA) is 72.0 Å². The number of thiazole rings is 2. The molecule has 0 spiro atoms. The summed E-state index contributed by atoms with van der Waals surface area (Å²) in [5.74, 6) is 0. The van der Waals surface area contributed by atoms with Crippen LogP contribution >= 0.6 is 34.3 Å². The first-order chi connectivity index (χ1) is 8.92. The molecule has 5 nitrogen and oxygen atoms in total. The van der Waals surface area contributed by atoms with Gasteiger partial charge in [-0.05, 0) is 13.3 Å². The second kappa shape index (κ2) is 5.84. The number of sulfonamides is 1. The van der Waals surface area contributed by atoms with Crippen LogP contribution in [0.3, 0.4) is 0 Å². The van der Waals surface area contributed by atoms with Gasteiger partial charge in [0.25, 0.3) is 10.0 Å². The highest BCUT2D eigenvalue weighted by Crippen LogP contribution is 2.25. The average molecular weight is 338 g/mol. The lowest BCUT2D eigenvalue weighted by molar-refractivity contribution is 0.568. The molecule has 0 radical (unpaired) electrons. The molecule has 2 rings (SSSR count). The summed E-state index contributed by atoms with van der Waals surface area (Å²) in [6, 6.07) is -0.379. The zero-order chi connectivity index (χ0) is 14.0. The van der Waals surface area contributed by atoms with Crippen LogP contribution in [0.25, 0.3) is 0 Å². The fourth-order valence-electron chi connectivity index (χ4n) is 1.39. The molecule has 0 aromatic carbocycles. The minimum Gasteiger partial charge on any atom is -0.248 e. The fourth-order valence-corrected chi connectivity index (χ4v) is 4.84. The predicted octanol–water partition coefficient (Wildman–Crippen LogP) is 2.85. The van der Waals surface area contributed by atoms with E-state index in [2.05, 4.69) is 14.7 Å². The van der Waals surface area contributed by atoms with Crippen molar-refractivity contribution in [2.45, 2.75) is 30.5 Å². The van der Waals surface area contributed by atoms with Crippen molar-refractivity contribution in [1.82, 2.24) is 14.7 Å². The minimum absolute atomic E-state index is 0.108. The third-order valence-electron chi connectivity index (χ3n) is 2.34. The van der Waals surface area contributed by atoms with Crippen LogP contribution in [-0.2, 0) is 16.4 Å². The lowest BCUT2D eigenvalue weighted by Crippen LogP contribution is -2.26. The molecule has 0 bridgehead atoms. The van der Waals surface area contributed by atoms with Crippen LogP contribution in [0.5, 0.6) is 0 Å². The first-order valence-corrected chi connectivity index (χ1v) is 9.00. The summed E-state index contributed by atoms with van der Waals surface area (Å²) in [5, 5.41) is 0.746. The quantitative estimate of drug-likeness (QED) is 0.910. The van der Waals surface area contributed by atoms with Crippen LogP contribution in [0.4, 0.5) is 0 Å². The van der Waals surface area contributed by atoms with E-state index in [0.717, 1.165) is 27.6 Å². The number of hydrogen-bond acceptors (Lipinski definition) is 6. The highest BCUT2D eigenvalue weighted by atomic mass is 35.5. The van der Waals surface area contributed by atoms with Gasteiger partial charge in [-0.2, -0.15) is 0 Å². The summed E-state index contributed by atoms with van der Waals surface area (Å²) in [7, 11) is -3.60. The summed E-state index contributed by atoms with van der Waals surface area (Å²) in [6.45, 7) is 3.80. The summed E-state index contributed by atoms with van der Waals surface area (Å²) in [5.41, 5.74) is 0. The number of nitrogens with zero attached hydrogens (tertiary/aromatic N) is 2. The van der Waals surface area contributed by atoms with E-state index in [-0.39, 0.29) is 14.7 Å². The first kappa shape index (κ1) is 14.9. The normalized spacial score (nSPS) is 13.6. The Morgan fingerprint density at radius 2 is 2.11 bits per heavy atom. The van der Waals surface area contributed by atoms with Crippen LogP contribution in [0.1, 0.15) is 29.8 Å². The van der Waals surface area contributed by atoms with Gasteiger partial charge in [-0.1, -0.05) is 29.9 Å². The Kier molecular flexibility index (Phi) is 4.57. The van der Waals surface area contributed by atoms with Crippen molar-refractivity contribution in [3.63, 3.8) is 0 Å². The first-order valence-electron chi connectivity index (χ1n) is 5.50. The van der Waals surface area contributed by atoms with E-state index in [1.165, 1.54) is 17.5 Å². The molecular formula is C10H12ClN3O2S3. The molecule has 0 aliphatic heterocycles. The van der Waals surface area contributed by atoms with E-state index in [9.17, 15) is 8.42 Å². The van der Waals surface area contributed by atoms with Gasteiger partial charge in [-0.25, -0.2) is 23.1 Å². The van der Waals surface area contributed by atoms with E-state index in [0.29, 0.717) is 0 Å². The van der Waals surface area contributed by atoms with Crippen LogP contribution in [0, 0.1) is 0 Å². The van der Waals surface area contributed by atoms with Crippen molar-refractivity contribution >= 4 is 44.3 Å². The molecular weight excluding hydrogens is 326 g/mol. The van der Waals surface area contributed by atoms with Gasteiger partial charge in [-0.15, -0.1) is 11.3 Å². The standard InChI is InChI=1S/C10H12ClN3O2S3/c1-3-7-4-12-9(17-7)6(2)14-19(15,16)8-5-13-10(11)18-8/h4-6,14H,3H2,1-2H3. The number of nitrogens with one attached hydrogen (secondary N) is 1. The molecule has 2 aromatic heterocycles. The maximum Gasteiger partial charge on any atom is 0.252 e. The van der Waals surface area contributed by atoms with Gasteiger partial charge >= 0.3 is 0 Å². The summed E-state index contributed by atoms with van der Waals surface area (Å²) in [4.78, 5) is 9.08.